The molecule has 1 aliphatic rings. The molecule has 0 aromatic heterocycles. The van der Waals surface area contributed by atoms with Gasteiger partial charge in [-0.15, -0.1) is 0 Å². The van der Waals surface area contributed by atoms with Gasteiger partial charge in [0, 0.05) is 13.6 Å². The Bertz CT molecular complexity index is 300. The van der Waals surface area contributed by atoms with Crippen LogP contribution in [0, 0.1) is 0 Å². The number of allylic oxidation sites excluding steroid dienone is 1. The van der Waals surface area contributed by atoms with E-state index in [4.69, 9.17) is 5.11 Å². The quantitative estimate of drug-likeness (QED) is 0.692. The molecular formula is C11H18N2O3. The third kappa shape index (κ3) is 4.33. The second-order valence-corrected chi connectivity index (χ2v) is 3.99. The van der Waals surface area contributed by atoms with E-state index in [2.05, 4.69) is 11.4 Å². The second-order valence-electron chi connectivity index (χ2n) is 3.99. The number of nitrogens with zero attached hydrogens (tertiary/aromatic N) is 1. The van der Waals surface area contributed by atoms with E-state index in [1.807, 2.05) is 0 Å². The Morgan fingerprint density at radius 2 is 2.31 bits per heavy atom. The Morgan fingerprint density at radius 3 is 2.88 bits per heavy atom. The number of rotatable bonds is 5. The zero-order valence-electron chi connectivity index (χ0n) is 9.53. The molecule has 0 bridgehead atoms. The van der Waals surface area contributed by atoms with E-state index in [0.717, 1.165) is 24.2 Å². The van der Waals surface area contributed by atoms with Gasteiger partial charge in [0.2, 0.25) is 0 Å². The molecule has 2 N–H and O–H groups in total. The van der Waals surface area contributed by atoms with Gasteiger partial charge in [0.1, 0.15) is 6.54 Å². The molecule has 0 aromatic rings. The van der Waals surface area contributed by atoms with Crippen LogP contribution < -0.4 is 5.32 Å². The number of carbonyl (C=O) groups excluding carboxylic acids is 1. The molecule has 5 heteroatoms. The molecular weight excluding hydrogens is 208 g/mol. The van der Waals surface area contributed by atoms with Crippen molar-refractivity contribution in [2.45, 2.75) is 25.7 Å². The van der Waals surface area contributed by atoms with E-state index in [1.165, 1.54) is 19.0 Å². The molecule has 1 rings (SSSR count). The Balaban J connectivity index is 2.16. The number of nitrogens with one attached hydrogen (secondary N) is 1. The number of aliphatic carboxylic acids is 1. The van der Waals surface area contributed by atoms with Crippen molar-refractivity contribution in [1.82, 2.24) is 10.2 Å². The van der Waals surface area contributed by atoms with Crippen molar-refractivity contribution in [3.8, 4) is 0 Å². The molecule has 1 aliphatic carbocycles. The van der Waals surface area contributed by atoms with Gasteiger partial charge in [0.25, 0.3) is 0 Å². The van der Waals surface area contributed by atoms with Crippen LogP contribution >= 0.6 is 0 Å². The molecule has 0 heterocycles. The van der Waals surface area contributed by atoms with Gasteiger partial charge in [-0.1, -0.05) is 11.6 Å². The van der Waals surface area contributed by atoms with Crippen LogP contribution in [0.4, 0.5) is 4.79 Å². The fourth-order valence-electron chi connectivity index (χ4n) is 1.70. The minimum Gasteiger partial charge on any atom is -0.480 e. The number of hydrogen-bond donors (Lipinski definition) is 2. The lowest BCUT2D eigenvalue weighted by atomic mass is 10.2. The first-order chi connectivity index (χ1) is 7.59. The number of carboxylic acids is 1. The predicted octanol–water partition coefficient (Wildman–Crippen LogP) is 1.21. The summed E-state index contributed by atoms with van der Waals surface area (Å²) in [5.74, 6) is -1.00. The SMILES string of the molecule is CN(CC(=O)O)C(=O)NCCC1=CCCC1. The topological polar surface area (TPSA) is 69.6 Å². The number of carboxylic acid groups (broad SMARTS) is 1. The lowest BCUT2D eigenvalue weighted by molar-refractivity contribution is -0.137. The van der Waals surface area contributed by atoms with Crippen molar-refractivity contribution in [1.29, 1.82) is 0 Å². The molecule has 5 nitrogen and oxygen atoms in total. The summed E-state index contributed by atoms with van der Waals surface area (Å²) in [4.78, 5) is 22.9. The van der Waals surface area contributed by atoms with Crippen molar-refractivity contribution in [2.75, 3.05) is 20.1 Å². The van der Waals surface area contributed by atoms with E-state index >= 15 is 0 Å². The normalized spacial score (nSPS) is 14.4. The molecule has 0 aromatic carbocycles. The maximum atomic E-state index is 11.4. The number of carbonyl (C=O) groups is 2. The van der Waals surface area contributed by atoms with Crippen molar-refractivity contribution in [3.05, 3.63) is 11.6 Å². The number of amides is 2. The molecule has 0 radical (unpaired) electrons. The van der Waals surface area contributed by atoms with E-state index in [0.29, 0.717) is 6.54 Å². The molecule has 0 fully saturated rings. The van der Waals surface area contributed by atoms with Gasteiger partial charge in [-0.05, 0) is 25.7 Å². The Labute approximate surface area is 95.1 Å². The smallest absolute Gasteiger partial charge is 0.323 e. The van der Waals surface area contributed by atoms with E-state index < -0.39 is 5.97 Å². The predicted molar refractivity (Wildman–Crippen MR) is 60.2 cm³/mol. The van der Waals surface area contributed by atoms with Crippen molar-refractivity contribution >= 4 is 12.0 Å². The van der Waals surface area contributed by atoms with Crippen molar-refractivity contribution < 1.29 is 14.7 Å². The zero-order chi connectivity index (χ0) is 12.0. The number of hydrogen-bond acceptors (Lipinski definition) is 2. The summed E-state index contributed by atoms with van der Waals surface area (Å²) in [6.45, 7) is 0.309. The highest BCUT2D eigenvalue weighted by atomic mass is 16.4. The van der Waals surface area contributed by atoms with Gasteiger partial charge in [-0.3, -0.25) is 4.79 Å². The van der Waals surface area contributed by atoms with Gasteiger partial charge in [-0.2, -0.15) is 0 Å². The molecule has 2 amide bonds. The average molecular weight is 226 g/mol. The van der Waals surface area contributed by atoms with Crippen LogP contribution in [0.3, 0.4) is 0 Å². The molecule has 0 unspecified atom stereocenters. The lowest BCUT2D eigenvalue weighted by Gasteiger charge is -2.15. The Kier molecular flexibility index (Phi) is 4.82. The van der Waals surface area contributed by atoms with Crippen LogP contribution in [0.5, 0.6) is 0 Å². The zero-order valence-corrected chi connectivity index (χ0v) is 9.53. The third-order valence-corrected chi connectivity index (χ3v) is 2.58. The first-order valence-electron chi connectivity index (χ1n) is 5.48. The fraction of sp³-hybridized carbons (Fsp3) is 0.636. The number of urea groups is 1. The van der Waals surface area contributed by atoms with E-state index in [-0.39, 0.29) is 12.6 Å². The molecule has 0 spiro atoms. The third-order valence-electron chi connectivity index (χ3n) is 2.58. The Morgan fingerprint density at radius 1 is 1.56 bits per heavy atom. The van der Waals surface area contributed by atoms with Crippen molar-refractivity contribution in [2.24, 2.45) is 0 Å². The lowest BCUT2D eigenvalue weighted by Crippen LogP contribution is -2.40. The minimum absolute atomic E-state index is 0.269. The molecule has 0 saturated carbocycles. The van der Waals surface area contributed by atoms with Gasteiger partial charge < -0.3 is 15.3 Å². The van der Waals surface area contributed by atoms with Crippen LogP contribution in [0.1, 0.15) is 25.7 Å². The first-order valence-corrected chi connectivity index (χ1v) is 5.48. The summed E-state index contributed by atoms with van der Waals surface area (Å²) in [6, 6.07) is -0.332. The minimum atomic E-state index is -1.00. The summed E-state index contributed by atoms with van der Waals surface area (Å²) in [5.41, 5.74) is 1.39. The van der Waals surface area contributed by atoms with E-state index in [1.54, 1.807) is 0 Å². The fourth-order valence-corrected chi connectivity index (χ4v) is 1.70. The average Bonchev–Trinajstić information content (AvgIpc) is 2.69. The number of likely N-dealkylation sites (N-methyl/N-ethyl adjacent to an activating group) is 1. The molecule has 0 saturated heterocycles. The summed E-state index contributed by atoms with van der Waals surface area (Å²) in [5, 5.41) is 11.2. The highest BCUT2D eigenvalue weighted by Gasteiger charge is 2.11. The van der Waals surface area contributed by atoms with Gasteiger partial charge in [0.15, 0.2) is 0 Å². The van der Waals surface area contributed by atoms with Crippen LogP contribution in [0.25, 0.3) is 0 Å². The summed E-state index contributed by atoms with van der Waals surface area (Å²) >= 11 is 0. The highest BCUT2D eigenvalue weighted by Crippen LogP contribution is 2.19. The van der Waals surface area contributed by atoms with Crippen LogP contribution in [0.2, 0.25) is 0 Å². The molecule has 0 aliphatic heterocycles. The standard InChI is InChI=1S/C11H18N2O3/c1-13(8-10(14)15)11(16)12-7-6-9-4-2-3-5-9/h4H,2-3,5-8H2,1H3,(H,12,16)(H,14,15). The summed E-state index contributed by atoms with van der Waals surface area (Å²) < 4.78 is 0. The highest BCUT2D eigenvalue weighted by molar-refractivity contribution is 5.79. The van der Waals surface area contributed by atoms with Crippen molar-refractivity contribution in [3.63, 3.8) is 0 Å². The second kappa shape index (κ2) is 6.15. The largest absolute Gasteiger partial charge is 0.480 e. The van der Waals surface area contributed by atoms with Gasteiger partial charge in [-0.25, -0.2) is 4.79 Å². The molecule has 16 heavy (non-hydrogen) atoms. The molecule has 0 atom stereocenters. The Hall–Kier alpha value is -1.52. The van der Waals surface area contributed by atoms with E-state index in [9.17, 15) is 9.59 Å². The maximum Gasteiger partial charge on any atom is 0.323 e. The summed E-state index contributed by atoms with van der Waals surface area (Å²) in [7, 11) is 1.47. The van der Waals surface area contributed by atoms with Gasteiger partial charge >= 0.3 is 12.0 Å². The van der Waals surface area contributed by atoms with Crippen LogP contribution in [-0.2, 0) is 4.79 Å². The maximum absolute atomic E-state index is 11.4. The van der Waals surface area contributed by atoms with Crippen LogP contribution in [0.15, 0.2) is 11.6 Å². The summed E-state index contributed by atoms with van der Waals surface area (Å²) in [6.07, 6.45) is 6.56. The molecule has 90 valence electrons. The van der Waals surface area contributed by atoms with Gasteiger partial charge in [0.05, 0.1) is 0 Å². The van der Waals surface area contributed by atoms with Crippen LogP contribution in [-0.4, -0.2) is 42.1 Å². The monoisotopic (exact) mass is 226 g/mol. The first kappa shape index (κ1) is 12.5.